The Morgan fingerprint density at radius 1 is 1.44 bits per heavy atom. The summed E-state index contributed by atoms with van der Waals surface area (Å²) in [7, 11) is 0. The Balaban J connectivity index is 1.87. The highest BCUT2D eigenvalue weighted by molar-refractivity contribution is 7.12. The first-order valence-electron chi connectivity index (χ1n) is 6.21. The number of nitrogens with zero attached hydrogens (tertiary/aromatic N) is 1. The van der Waals surface area contributed by atoms with Crippen molar-refractivity contribution in [2.45, 2.75) is 19.8 Å². The quantitative estimate of drug-likeness (QED) is 0.791. The number of thiophene rings is 1. The minimum atomic E-state index is -0.264. The second kappa shape index (κ2) is 6.00. The lowest BCUT2D eigenvalue weighted by Crippen LogP contribution is -2.40. The van der Waals surface area contributed by atoms with Gasteiger partial charge in [-0.2, -0.15) is 0 Å². The Morgan fingerprint density at radius 2 is 2.17 bits per heavy atom. The fraction of sp³-hybridized carbons (Fsp3) is 0.538. The molecule has 1 aliphatic heterocycles. The topological polar surface area (TPSA) is 46.6 Å². The fourth-order valence-corrected chi connectivity index (χ4v) is 2.90. The fourth-order valence-electron chi connectivity index (χ4n) is 2.16. The van der Waals surface area contributed by atoms with E-state index in [4.69, 9.17) is 4.74 Å². The van der Waals surface area contributed by atoms with Crippen LogP contribution in [0.2, 0.25) is 0 Å². The summed E-state index contributed by atoms with van der Waals surface area (Å²) < 4.78 is 4.95. The maximum absolute atomic E-state index is 12.1. The summed E-state index contributed by atoms with van der Waals surface area (Å²) in [6.45, 7) is 3.42. The van der Waals surface area contributed by atoms with Crippen LogP contribution in [-0.4, -0.2) is 36.5 Å². The lowest BCUT2D eigenvalue weighted by Gasteiger charge is -2.30. The van der Waals surface area contributed by atoms with Crippen LogP contribution < -0.4 is 0 Å². The number of hydrogen-bond acceptors (Lipinski definition) is 4. The SMILES string of the molecule is CCOC(=O)N1CCC(C(=O)c2cccs2)CC1. The molecule has 1 saturated heterocycles. The van der Waals surface area contributed by atoms with Gasteiger partial charge in [0.2, 0.25) is 0 Å². The van der Waals surface area contributed by atoms with Crippen molar-refractivity contribution in [3.63, 3.8) is 0 Å². The molecule has 18 heavy (non-hydrogen) atoms. The number of carbonyl (C=O) groups is 2. The molecule has 1 amide bonds. The van der Waals surface area contributed by atoms with Crippen molar-refractivity contribution in [2.24, 2.45) is 5.92 Å². The molecule has 1 aliphatic rings. The Hall–Kier alpha value is -1.36. The van der Waals surface area contributed by atoms with Crippen molar-refractivity contribution in [1.29, 1.82) is 0 Å². The van der Waals surface area contributed by atoms with E-state index in [2.05, 4.69) is 0 Å². The monoisotopic (exact) mass is 267 g/mol. The van der Waals surface area contributed by atoms with Crippen LogP contribution in [0, 0.1) is 5.92 Å². The molecule has 1 fully saturated rings. The molecule has 0 aliphatic carbocycles. The van der Waals surface area contributed by atoms with Crippen molar-refractivity contribution in [3.8, 4) is 0 Å². The van der Waals surface area contributed by atoms with Gasteiger partial charge in [0.05, 0.1) is 11.5 Å². The Labute approximate surface area is 111 Å². The third-order valence-electron chi connectivity index (χ3n) is 3.16. The van der Waals surface area contributed by atoms with E-state index in [0.29, 0.717) is 19.7 Å². The van der Waals surface area contributed by atoms with E-state index >= 15 is 0 Å². The van der Waals surface area contributed by atoms with Crippen molar-refractivity contribution in [2.75, 3.05) is 19.7 Å². The Kier molecular flexibility index (Phi) is 4.36. The number of ether oxygens (including phenoxy) is 1. The summed E-state index contributed by atoms with van der Waals surface area (Å²) in [6.07, 6.45) is 1.20. The van der Waals surface area contributed by atoms with Crippen molar-refractivity contribution >= 4 is 23.2 Å². The van der Waals surface area contributed by atoms with Crippen molar-refractivity contribution in [3.05, 3.63) is 22.4 Å². The van der Waals surface area contributed by atoms with E-state index in [1.165, 1.54) is 11.3 Å². The Morgan fingerprint density at radius 3 is 2.72 bits per heavy atom. The zero-order valence-corrected chi connectivity index (χ0v) is 11.2. The number of ketones is 1. The van der Waals surface area contributed by atoms with Gasteiger partial charge in [-0.3, -0.25) is 4.79 Å². The molecule has 2 heterocycles. The van der Waals surface area contributed by atoms with Gasteiger partial charge in [-0.25, -0.2) is 4.79 Å². The first kappa shape index (κ1) is 13.1. The first-order chi connectivity index (χ1) is 8.72. The van der Waals surface area contributed by atoms with Crippen LogP contribution in [0.25, 0.3) is 0 Å². The van der Waals surface area contributed by atoms with Crippen LogP contribution in [0.15, 0.2) is 17.5 Å². The zero-order chi connectivity index (χ0) is 13.0. The smallest absolute Gasteiger partial charge is 0.409 e. The van der Waals surface area contributed by atoms with E-state index in [0.717, 1.165) is 17.7 Å². The van der Waals surface area contributed by atoms with Crippen LogP contribution >= 0.6 is 11.3 Å². The largest absolute Gasteiger partial charge is 0.450 e. The van der Waals surface area contributed by atoms with E-state index in [9.17, 15) is 9.59 Å². The zero-order valence-electron chi connectivity index (χ0n) is 10.4. The molecule has 0 saturated carbocycles. The molecule has 98 valence electrons. The lowest BCUT2D eigenvalue weighted by atomic mass is 9.92. The third kappa shape index (κ3) is 2.90. The third-order valence-corrected chi connectivity index (χ3v) is 4.04. The molecule has 0 aromatic carbocycles. The van der Waals surface area contributed by atoms with Gasteiger partial charge in [0.25, 0.3) is 0 Å². The number of carbonyl (C=O) groups excluding carboxylic acids is 2. The number of amides is 1. The van der Waals surface area contributed by atoms with Gasteiger partial charge in [-0.05, 0) is 31.2 Å². The molecule has 5 heteroatoms. The predicted molar refractivity (Wildman–Crippen MR) is 70.0 cm³/mol. The van der Waals surface area contributed by atoms with Crippen molar-refractivity contribution < 1.29 is 14.3 Å². The molecule has 0 bridgehead atoms. The second-order valence-corrected chi connectivity index (χ2v) is 5.25. The summed E-state index contributed by atoms with van der Waals surface area (Å²) in [5.41, 5.74) is 0. The number of hydrogen-bond donors (Lipinski definition) is 0. The molecular weight excluding hydrogens is 250 g/mol. The lowest BCUT2D eigenvalue weighted by molar-refractivity contribution is 0.0756. The molecule has 2 rings (SSSR count). The normalized spacial score (nSPS) is 16.6. The minimum absolute atomic E-state index is 0.0503. The van der Waals surface area contributed by atoms with Crippen LogP contribution in [-0.2, 0) is 4.74 Å². The average molecular weight is 267 g/mol. The standard InChI is InChI=1S/C13H17NO3S/c1-2-17-13(16)14-7-5-10(6-8-14)12(15)11-4-3-9-18-11/h3-4,9-10H,2,5-8H2,1H3. The molecular formula is C13H17NO3S. The van der Waals surface area contributed by atoms with E-state index < -0.39 is 0 Å². The van der Waals surface area contributed by atoms with Gasteiger partial charge in [0, 0.05) is 19.0 Å². The second-order valence-electron chi connectivity index (χ2n) is 4.30. The van der Waals surface area contributed by atoms with Crippen LogP contribution in [0.5, 0.6) is 0 Å². The predicted octanol–water partition coefficient (Wildman–Crippen LogP) is 2.80. The Bertz CT molecular complexity index is 408. The van der Waals surface area contributed by atoms with Gasteiger partial charge in [-0.1, -0.05) is 6.07 Å². The minimum Gasteiger partial charge on any atom is -0.450 e. The summed E-state index contributed by atoms with van der Waals surface area (Å²) in [5.74, 6) is 0.267. The molecule has 0 radical (unpaired) electrons. The summed E-state index contributed by atoms with van der Waals surface area (Å²) in [5, 5.41) is 1.92. The van der Waals surface area contributed by atoms with Gasteiger partial charge < -0.3 is 9.64 Å². The molecule has 0 N–H and O–H groups in total. The number of piperidine rings is 1. The van der Waals surface area contributed by atoms with Gasteiger partial charge >= 0.3 is 6.09 Å². The molecule has 0 unspecified atom stereocenters. The number of Topliss-reactive ketones (excluding diaryl/α,β-unsaturated/α-hetero) is 1. The van der Waals surface area contributed by atoms with Gasteiger partial charge in [0.1, 0.15) is 0 Å². The highest BCUT2D eigenvalue weighted by Gasteiger charge is 2.28. The average Bonchev–Trinajstić information content (AvgIpc) is 2.92. The molecule has 1 aromatic heterocycles. The van der Waals surface area contributed by atoms with E-state index in [1.807, 2.05) is 17.5 Å². The molecule has 1 aromatic rings. The molecule has 0 atom stereocenters. The maximum atomic E-state index is 12.1. The number of rotatable bonds is 3. The van der Waals surface area contributed by atoms with Crippen LogP contribution in [0.3, 0.4) is 0 Å². The molecule has 0 spiro atoms. The van der Waals surface area contributed by atoms with Crippen LogP contribution in [0.1, 0.15) is 29.4 Å². The first-order valence-corrected chi connectivity index (χ1v) is 7.09. The number of likely N-dealkylation sites (tertiary alicyclic amines) is 1. The van der Waals surface area contributed by atoms with Crippen molar-refractivity contribution in [1.82, 2.24) is 4.90 Å². The molecule has 4 nitrogen and oxygen atoms in total. The van der Waals surface area contributed by atoms with E-state index in [1.54, 1.807) is 11.8 Å². The maximum Gasteiger partial charge on any atom is 0.409 e. The highest BCUT2D eigenvalue weighted by Crippen LogP contribution is 2.24. The van der Waals surface area contributed by atoms with Gasteiger partial charge in [0.15, 0.2) is 5.78 Å². The highest BCUT2D eigenvalue weighted by atomic mass is 32.1. The van der Waals surface area contributed by atoms with Crippen LogP contribution in [0.4, 0.5) is 4.79 Å². The summed E-state index contributed by atoms with van der Waals surface area (Å²) in [4.78, 5) is 26.2. The summed E-state index contributed by atoms with van der Waals surface area (Å²) in [6, 6.07) is 3.76. The summed E-state index contributed by atoms with van der Waals surface area (Å²) >= 11 is 1.49. The van der Waals surface area contributed by atoms with Gasteiger partial charge in [-0.15, -0.1) is 11.3 Å². The van der Waals surface area contributed by atoms with E-state index in [-0.39, 0.29) is 17.8 Å².